The second-order valence-electron chi connectivity index (χ2n) is 3.48. The largest absolute Gasteiger partial charge is 0.398 e. The van der Waals surface area contributed by atoms with E-state index in [1.54, 1.807) is 13.0 Å². The van der Waals surface area contributed by atoms with Crippen molar-refractivity contribution in [1.82, 2.24) is 5.32 Å². The van der Waals surface area contributed by atoms with Gasteiger partial charge in [0.25, 0.3) is 0 Å². The SMILES string of the molecule is C=CCNC(=O)C(C)Sc1cc(F)ccc1N. The number of nitrogens with two attached hydrogens (primary N) is 1. The van der Waals surface area contributed by atoms with Gasteiger partial charge in [0.15, 0.2) is 0 Å². The van der Waals surface area contributed by atoms with Gasteiger partial charge in [0, 0.05) is 17.1 Å². The van der Waals surface area contributed by atoms with Crippen molar-refractivity contribution in [3.8, 4) is 0 Å². The minimum Gasteiger partial charge on any atom is -0.398 e. The van der Waals surface area contributed by atoms with Crippen LogP contribution >= 0.6 is 11.8 Å². The summed E-state index contributed by atoms with van der Waals surface area (Å²) < 4.78 is 13.0. The van der Waals surface area contributed by atoms with E-state index < -0.39 is 0 Å². The molecule has 0 saturated carbocycles. The van der Waals surface area contributed by atoms with Crippen molar-refractivity contribution in [1.29, 1.82) is 0 Å². The lowest BCUT2D eigenvalue weighted by Gasteiger charge is -2.12. The molecule has 92 valence electrons. The van der Waals surface area contributed by atoms with Crippen molar-refractivity contribution in [2.24, 2.45) is 0 Å². The zero-order valence-corrected chi connectivity index (χ0v) is 10.4. The zero-order valence-electron chi connectivity index (χ0n) is 9.57. The van der Waals surface area contributed by atoms with Gasteiger partial charge in [-0.2, -0.15) is 0 Å². The number of carbonyl (C=O) groups excluding carboxylic acids is 1. The van der Waals surface area contributed by atoms with E-state index in [-0.39, 0.29) is 17.0 Å². The molecule has 5 heteroatoms. The molecule has 3 N–H and O–H groups in total. The van der Waals surface area contributed by atoms with Gasteiger partial charge in [0.05, 0.1) is 5.25 Å². The van der Waals surface area contributed by atoms with E-state index in [9.17, 15) is 9.18 Å². The molecule has 0 radical (unpaired) electrons. The lowest BCUT2D eigenvalue weighted by Crippen LogP contribution is -2.30. The number of benzene rings is 1. The van der Waals surface area contributed by atoms with Crippen LogP contribution < -0.4 is 11.1 Å². The monoisotopic (exact) mass is 254 g/mol. The van der Waals surface area contributed by atoms with Gasteiger partial charge in [-0.1, -0.05) is 6.08 Å². The van der Waals surface area contributed by atoms with E-state index >= 15 is 0 Å². The van der Waals surface area contributed by atoms with Crippen molar-refractivity contribution in [2.75, 3.05) is 12.3 Å². The molecule has 17 heavy (non-hydrogen) atoms. The van der Waals surface area contributed by atoms with Crippen molar-refractivity contribution < 1.29 is 9.18 Å². The molecule has 1 aromatic carbocycles. The number of amides is 1. The Labute approximate surface area is 104 Å². The summed E-state index contributed by atoms with van der Waals surface area (Å²) in [6, 6.07) is 4.12. The van der Waals surface area contributed by atoms with Crippen LogP contribution in [-0.2, 0) is 4.79 Å². The first-order valence-corrected chi connectivity index (χ1v) is 6.03. The summed E-state index contributed by atoms with van der Waals surface area (Å²) in [7, 11) is 0. The maximum atomic E-state index is 13.0. The van der Waals surface area contributed by atoms with E-state index in [2.05, 4.69) is 11.9 Å². The molecule has 0 spiro atoms. The fourth-order valence-corrected chi connectivity index (χ4v) is 2.13. The molecule has 0 aliphatic carbocycles. The van der Waals surface area contributed by atoms with Crippen molar-refractivity contribution in [3.05, 3.63) is 36.7 Å². The standard InChI is InChI=1S/C12H15FN2OS/c1-3-6-15-12(16)8(2)17-11-7-9(13)4-5-10(11)14/h3-5,7-8H,1,6,14H2,2H3,(H,15,16). The molecular formula is C12H15FN2OS. The fraction of sp³-hybridized carbons (Fsp3) is 0.250. The van der Waals surface area contributed by atoms with Crippen molar-refractivity contribution in [3.63, 3.8) is 0 Å². The maximum Gasteiger partial charge on any atom is 0.233 e. The number of rotatable bonds is 5. The third-order valence-corrected chi connectivity index (χ3v) is 3.24. The lowest BCUT2D eigenvalue weighted by molar-refractivity contribution is -0.120. The van der Waals surface area contributed by atoms with E-state index in [1.807, 2.05) is 0 Å². The molecule has 3 nitrogen and oxygen atoms in total. The molecule has 1 unspecified atom stereocenters. The Morgan fingerprint density at radius 3 is 3.06 bits per heavy atom. The van der Waals surface area contributed by atoms with Gasteiger partial charge in [0.1, 0.15) is 5.82 Å². The van der Waals surface area contributed by atoms with Gasteiger partial charge < -0.3 is 11.1 Å². The predicted molar refractivity (Wildman–Crippen MR) is 69.3 cm³/mol. The molecule has 0 aliphatic rings. The third-order valence-electron chi connectivity index (χ3n) is 2.07. The predicted octanol–water partition coefficient (Wildman–Crippen LogP) is 2.19. The van der Waals surface area contributed by atoms with Gasteiger partial charge in [0.2, 0.25) is 5.91 Å². The number of halogens is 1. The summed E-state index contributed by atoms with van der Waals surface area (Å²) in [6.07, 6.45) is 1.60. The highest BCUT2D eigenvalue weighted by Crippen LogP contribution is 2.29. The molecule has 0 heterocycles. The summed E-state index contributed by atoms with van der Waals surface area (Å²) in [5, 5.41) is 2.34. The van der Waals surface area contributed by atoms with Crippen LogP contribution in [0.15, 0.2) is 35.7 Å². The highest BCUT2D eigenvalue weighted by atomic mass is 32.2. The van der Waals surface area contributed by atoms with Crippen molar-refractivity contribution >= 4 is 23.4 Å². The lowest BCUT2D eigenvalue weighted by atomic mass is 10.3. The van der Waals surface area contributed by atoms with Gasteiger partial charge in [-0.15, -0.1) is 18.3 Å². The number of nitrogen functional groups attached to an aromatic ring is 1. The quantitative estimate of drug-likeness (QED) is 0.481. The summed E-state index contributed by atoms with van der Waals surface area (Å²) in [6.45, 7) is 5.67. The normalized spacial score (nSPS) is 11.9. The number of thioether (sulfide) groups is 1. The fourth-order valence-electron chi connectivity index (χ4n) is 1.17. The smallest absolute Gasteiger partial charge is 0.233 e. The second kappa shape index (κ2) is 6.30. The summed E-state index contributed by atoms with van der Waals surface area (Å²) in [5.74, 6) is -0.487. The summed E-state index contributed by atoms with van der Waals surface area (Å²) in [4.78, 5) is 12.2. The first-order valence-electron chi connectivity index (χ1n) is 5.15. The first kappa shape index (κ1) is 13.6. The van der Waals surface area contributed by atoms with Gasteiger partial charge in [-0.3, -0.25) is 4.79 Å². The second-order valence-corrected chi connectivity index (χ2v) is 4.86. The Hall–Kier alpha value is -1.49. The number of hydrogen-bond acceptors (Lipinski definition) is 3. The van der Waals surface area contributed by atoms with Crippen LogP contribution in [0.2, 0.25) is 0 Å². The van der Waals surface area contributed by atoms with Crippen LogP contribution in [0.3, 0.4) is 0 Å². The third kappa shape index (κ3) is 4.11. The number of nitrogens with one attached hydrogen (secondary N) is 1. The number of carbonyl (C=O) groups is 1. The zero-order chi connectivity index (χ0) is 12.8. The summed E-state index contributed by atoms with van der Waals surface area (Å²) >= 11 is 1.23. The van der Waals surface area contributed by atoms with Gasteiger partial charge in [-0.25, -0.2) is 4.39 Å². The summed E-state index contributed by atoms with van der Waals surface area (Å²) in [5.41, 5.74) is 6.17. The van der Waals surface area contributed by atoms with E-state index in [4.69, 9.17) is 5.73 Å². The molecule has 0 aromatic heterocycles. The maximum absolute atomic E-state index is 13.0. The highest BCUT2D eigenvalue weighted by Gasteiger charge is 2.15. The first-order chi connectivity index (χ1) is 8.04. The van der Waals surface area contributed by atoms with E-state index in [0.717, 1.165) is 0 Å². The van der Waals surface area contributed by atoms with Crippen LogP contribution in [0.25, 0.3) is 0 Å². The van der Waals surface area contributed by atoms with E-state index in [0.29, 0.717) is 17.1 Å². The topological polar surface area (TPSA) is 55.1 Å². The van der Waals surface area contributed by atoms with Crippen LogP contribution in [0.5, 0.6) is 0 Å². The molecular weight excluding hydrogens is 239 g/mol. The van der Waals surface area contributed by atoms with Crippen LogP contribution in [0.4, 0.5) is 10.1 Å². The van der Waals surface area contributed by atoms with Crippen LogP contribution in [0.1, 0.15) is 6.92 Å². The molecule has 0 saturated heterocycles. The Morgan fingerprint density at radius 2 is 2.41 bits per heavy atom. The van der Waals surface area contributed by atoms with Crippen LogP contribution in [-0.4, -0.2) is 17.7 Å². The Balaban J connectivity index is 2.66. The molecule has 1 aromatic rings. The average molecular weight is 254 g/mol. The molecule has 0 fully saturated rings. The van der Waals surface area contributed by atoms with Gasteiger partial charge in [-0.05, 0) is 25.1 Å². The molecule has 0 aliphatic heterocycles. The number of anilines is 1. The average Bonchev–Trinajstić information content (AvgIpc) is 2.30. The molecule has 0 bridgehead atoms. The minimum absolute atomic E-state index is 0.126. The molecule has 1 atom stereocenters. The van der Waals surface area contributed by atoms with Crippen molar-refractivity contribution in [2.45, 2.75) is 17.1 Å². The number of hydrogen-bond donors (Lipinski definition) is 2. The highest BCUT2D eigenvalue weighted by molar-refractivity contribution is 8.00. The molecule has 1 rings (SSSR count). The Bertz CT molecular complexity index is 423. The molecule has 1 amide bonds. The minimum atomic E-state index is -0.361. The Morgan fingerprint density at radius 1 is 1.71 bits per heavy atom. The van der Waals surface area contributed by atoms with E-state index in [1.165, 1.54) is 30.0 Å². The van der Waals surface area contributed by atoms with Gasteiger partial charge >= 0.3 is 0 Å². The van der Waals surface area contributed by atoms with Crippen LogP contribution in [0, 0.1) is 5.82 Å². The Kier molecular flexibility index (Phi) is 5.03.